The molecule has 6 nitrogen and oxygen atoms in total. The number of anilines is 1. The fourth-order valence-corrected chi connectivity index (χ4v) is 3.37. The molecule has 0 aliphatic heterocycles. The molecular formula is C12H23N5OS2. The molecule has 0 atom stereocenters. The van der Waals surface area contributed by atoms with Crippen LogP contribution in [0.4, 0.5) is 5.13 Å². The van der Waals surface area contributed by atoms with Crippen LogP contribution in [0.5, 0.6) is 0 Å². The Morgan fingerprint density at radius 1 is 1.40 bits per heavy atom. The maximum atomic E-state index is 8.71. The van der Waals surface area contributed by atoms with E-state index in [0.717, 1.165) is 34.5 Å². The number of unbranched alkanes of at least 4 members (excludes halogenated alkanes) is 1. The first kappa shape index (κ1) is 17.0. The minimum absolute atomic E-state index is 0.250. The number of oxime groups is 1. The van der Waals surface area contributed by atoms with Gasteiger partial charge in [0.25, 0.3) is 0 Å². The first-order chi connectivity index (χ1) is 9.36. The third-order valence-electron chi connectivity index (χ3n) is 3.00. The number of amidine groups is 1. The fraction of sp³-hybridized carbons (Fsp3) is 0.750. The average molecular weight is 317 g/mol. The molecule has 0 aliphatic carbocycles. The minimum atomic E-state index is -0.250. The van der Waals surface area contributed by atoms with Gasteiger partial charge in [0.2, 0.25) is 5.13 Å². The van der Waals surface area contributed by atoms with Gasteiger partial charge in [-0.15, -0.1) is 10.2 Å². The zero-order valence-corrected chi connectivity index (χ0v) is 14.1. The zero-order valence-electron chi connectivity index (χ0n) is 12.5. The first-order valence-corrected chi connectivity index (χ1v) is 8.28. The molecule has 1 aromatic rings. The van der Waals surface area contributed by atoms with E-state index < -0.39 is 0 Å². The molecule has 0 saturated heterocycles. The van der Waals surface area contributed by atoms with Crippen LogP contribution in [0.1, 0.15) is 33.1 Å². The Labute approximate surface area is 128 Å². The van der Waals surface area contributed by atoms with Crippen LogP contribution in [0, 0.1) is 5.41 Å². The number of nitrogens with zero attached hydrogens (tertiary/aromatic N) is 4. The lowest BCUT2D eigenvalue weighted by molar-refractivity contribution is 0.304. The summed E-state index contributed by atoms with van der Waals surface area (Å²) in [6.45, 7) is 3.98. The number of nitrogens with two attached hydrogens (primary N) is 1. The van der Waals surface area contributed by atoms with E-state index in [4.69, 9.17) is 10.9 Å². The van der Waals surface area contributed by atoms with E-state index >= 15 is 0 Å². The summed E-state index contributed by atoms with van der Waals surface area (Å²) in [6, 6.07) is 0. The summed E-state index contributed by atoms with van der Waals surface area (Å²) in [7, 11) is 3.92. The minimum Gasteiger partial charge on any atom is -0.409 e. The molecule has 0 unspecified atom stereocenters. The van der Waals surface area contributed by atoms with Crippen molar-refractivity contribution in [2.24, 2.45) is 16.3 Å². The molecular weight excluding hydrogens is 294 g/mol. The number of hydrogen-bond acceptors (Lipinski definition) is 7. The van der Waals surface area contributed by atoms with Crippen LogP contribution < -0.4 is 10.6 Å². The van der Waals surface area contributed by atoms with Crippen LogP contribution in [0.15, 0.2) is 9.50 Å². The standard InChI is InChI=1S/C12H23N5OS2/c1-12(2,9(13)16-18)7-5-6-8-19-11-15-14-10(20-11)17(3)4/h18H,5-8H2,1-4H3,(H2,13,16). The summed E-state index contributed by atoms with van der Waals surface area (Å²) in [5.41, 5.74) is 5.41. The highest BCUT2D eigenvalue weighted by molar-refractivity contribution is 8.01. The molecule has 0 fully saturated rings. The molecule has 0 bridgehead atoms. The van der Waals surface area contributed by atoms with Gasteiger partial charge in [-0.2, -0.15) is 0 Å². The van der Waals surface area contributed by atoms with Gasteiger partial charge < -0.3 is 15.8 Å². The van der Waals surface area contributed by atoms with Crippen LogP contribution in [0.3, 0.4) is 0 Å². The monoisotopic (exact) mass is 317 g/mol. The van der Waals surface area contributed by atoms with E-state index in [1.807, 2.05) is 32.8 Å². The highest BCUT2D eigenvalue weighted by Gasteiger charge is 2.22. The molecule has 1 heterocycles. The molecule has 0 amide bonds. The van der Waals surface area contributed by atoms with Gasteiger partial charge in [0.15, 0.2) is 4.34 Å². The van der Waals surface area contributed by atoms with Crippen molar-refractivity contribution >= 4 is 34.1 Å². The summed E-state index contributed by atoms with van der Waals surface area (Å²) < 4.78 is 1.00. The third kappa shape index (κ3) is 5.16. The van der Waals surface area contributed by atoms with E-state index in [9.17, 15) is 0 Å². The Kier molecular flexibility index (Phi) is 6.54. The van der Waals surface area contributed by atoms with Gasteiger partial charge in [-0.1, -0.05) is 48.5 Å². The molecule has 1 aromatic heterocycles. The van der Waals surface area contributed by atoms with Crippen LogP contribution >= 0.6 is 23.1 Å². The van der Waals surface area contributed by atoms with Crippen molar-refractivity contribution in [1.82, 2.24) is 10.2 Å². The molecule has 0 aliphatic rings. The van der Waals surface area contributed by atoms with E-state index in [2.05, 4.69) is 15.4 Å². The van der Waals surface area contributed by atoms with Gasteiger partial charge >= 0.3 is 0 Å². The average Bonchev–Trinajstić information content (AvgIpc) is 2.86. The van der Waals surface area contributed by atoms with Gasteiger partial charge in [0.1, 0.15) is 5.84 Å². The summed E-state index contributed by atoms with van der Waals surface area (Å²) >= 11 is 3.34. The highest BCUT2D eigenvalue weighted by atomic mass is 32.2. The lowest BCUT2D eigenvalue weighted by atomic mass is 9.86. The number of rotatable bonds is 8. The van der Waals surface area contributed by atoms with Crippen LogP contribution in [0.25, 0.3) is 0 Å². The van der Waals surface area contributed by atoms with Crippen LogP contribution in [-0.2, 0) is 0 Å². The van der Waals surface area contributed by atoms with Crippen molar-refractivity contribution in [3.63, 3.8) is 0 Å². The molecule has 1 rings (SSSR count). The maximum Gasteiger partial charge on any atom is 0.208 e. The van der Waals surface area contributed by atoms with Gasteiger partial charge in [-0.3, -0.25) is 0 Å². The van der Waals surface area contributed by atoms with E-state index in [-0.39, 0.29) is 5.41 Å². The predicted molar refractivity (Wildman–Crippen MR) is 86.0 cm³/mol. The van der Waals surface area contributed by atoms with E-state index in [0.29, 0.717) is 5.84 Å². The van der Waals surface area contributed by atoms with Gasteiger partial charge in [0, 0.05) is 25.3 Å². The molecule has 0 spiro atoms. The Balaban J connectivity index is 2.25. The van der Waals surface area contributed by atoms with Crippen molar-refractivity contribution in [2.45, 2.75) is 37.4 Å². The second kappa shape index (κ2) is 7.68. The van der Waals surface area contributed by atoms with Crippen molar-refractivity contribution in [3.8, 4) is 0 Å². The summed E-state index contributed by atoms with van der Waals surface area (Å²) in [5.74, 6) is 1.30. The van der Waals surface area contributed by atoms with E-state index in [1.54, 1.807) is 23.1 Å². The first-order valence-electron chi connectivity index (χ1n) is 6.48. The molecule has 3 N–H and O–H groups in total. The van der Waals surface area contributed by atoms with Crippen LogP contribution in [0.2, 0.25) is 0 Å². The third-order valence-corrected chi connectivity index (χ3v) is 5.31. The highest BCUT2D eigenvalue weighted by Crippen LogP contribution is 2.29. The van der Waals surface area contributed by atoms with Gasteiger partial charge in [0.05, 0.1) is 0 Å². The van der Waals surface area contributed by atoms with Crippen molar-refractivity contribution < 1.29 is 5.21 Å². The van der Waals surface area contributed by atoms with Crippen molar-refractivity contribution in [1.29, 1.82) is 0 Å². The lowest BCUT2D eigenvalue weighted by Crippen LogP contribution is -2.31. The smallest absolute Gasteiger partial charge is 0.208 e. The van der Waals surface area contributed by atoms with Gasteiger partial charge in [-0.25, -0.2) is 0 Å². The molecule has 8 heteroatoms. The quantitative estimate of drug-likeness (QED) is 0.191. The summed E-state index contributed by atoms with van der Waals surface area (Å²) in [5, 5.41) is 21.0. The zero-order chi connectivity index (χ0) is 15.2. The predicted octanol–water partition coefficient (Wildman–Crippen LogP) is 2.64. The molecule has 114 valence electrons. The van der Waals surface area contributed by atoms with Crippen molar-refractivity contribution in [2.75, 3.05) is 24.7 Å². The number of hydrogen-bond donors (Lipinski definition) is 2. The number of aromatic nitrogens is 2. The normalized spacial score (nSPS) is 12.7. The Morgan fingerprint density at radius 3 is 2.65 bits per heavy atom. The molecule has 0 saturated carbocycles. The Bertz CT molecular complexity index is 445. The molecule has 0 aromatic carbocycles. The fourth-order valence-electron chi connectivity index (χ4n) is 1.53. The largest absolute Gasteiger partial charge is 0.409 e. The SMILES string of the molecule is CN(C)c1nnc(SCCCCC(C)(C)C(N)=NO)s1. The second-order valence-electron chi connectivity index (χ2n) is 5.42. The summed E-state index contributed by atoms with van der Waals surface area (Å²) in [6.07, 6.45) is 3.02. The van der Waals surface area contributed by atoms with Crippen molar-refractivity contribution in [3.05, 3.63) is 0 Å². The lowest BCUT2D eigenvalue weighted by Gasteiger charge is -2.22. The Hall–Kier alpha value is -1.02. The number of thioether (sulfide) groups is 1. The van der Waals surface area contributed by atoms with Crippen LogP contribution in [-0.4, -0.2) is 41.1 Å². The Morgan fingerprint density at radius 2 is 2.10 bits per heavy atom. The van der Waals surface area contributed by atoms with E-state index in [1.165, 1.54) is 0 Å². The molecule has 20 heavy (non-hydrogen) atoms. The maximum absolute atomic E-state index is 8.71. The van der Waals surface area contributed by atoms with Gasteiger partial charge in [-0.05, 0) is 12.8 Å². The second-order valence-corrected chi connectivity index (χ2v) is 7.72. The summed E-state index contributed by atoms with van der Waals surface area (Å²) in [4.78, 5) is 1.96. The molecule has 0 radical (unpaired) electrons. The topological polar surface area (TPSA) is 87.6 Å².